The van der Waals surface area contributed by atoms with Gasteiger partial charge in [0.2, 0.25) is 0 Å². The first-order valence-corrected chi connectivity index (χ1v) is 10.3. The predicted octanol–water partition coefficient (Wildman–Crippen LogP) is 5.67. The molecule has 0 atom stereocenters. The maximum absolute atomic E-state index is 12.9. The maximum Gasteiger partial charge on any atom is 0.335 e. The summed E-state index contributed by atoms with van der Waals surface area (Å²) in [5.41, 5.74) is 3.61. The number of amides is 1. The van der Waals surface area contributed by atoms with E-state index in [9.17, 15) is 14.7 Å². The number of thioether (sulfide) groups is 1. The molecule has 7 heteroatoms. The van der Waals surface area contributed by atoms with Crippen molar-refractivity contribution in [1.29, 1.82) is 0 Å². The van der Waals surface area contributed by atoms with Crippen LogP contribution >= 0.6 is 24.0 Å². The molecule has 5 nitrogen and oxygen atoms in total. The molecule has 2 aromatic carbocycles. The summed E-state index contributed by atoms with van der Waals surface area (Å²) in [5.74, 6) is -0.163. The van der Waals surface area contributed by atoms with Gasteiger partial charge in [-0.2, -0.15) is 0 Å². The number of carboxylic acids is 1. The summed E-state index contributed by atoms with van der Waals surface area (Å²) in [5, 5.41) is 9.23. The Bertz CT molecular complexity index is 1210. The number of rotatable bonds is 4. The Morgan fingerprint density at radius 2 is 1.83 bits per heavy atom. The number of anilines is 1. The highest BCUT2D eigenvalue weighted by Gasteiger charge is 2.33. The second kappa shape index (κ2) is 7.93. The Hall–Kier alpha value is -3.16. The molecule has 4 rings (SSSR count). The van der Waals surface area contributed by atoms with Gasteiger partial charge in [-0.3, -0.25) is 9.69 Å². The second-order valence-corrected chi connectivity index (χ2v) is 8.57. The number of thiocarbonyl (C=S) groups is 1. The molecule has 1 aromatic heterocycles. The summed E-state index contributed by atoms with van der Waals surface area (Å²) in [6.45, 7) is 3.87. The average molecular weight is 436 g/mol. The van der Waals surface area contributed by atoms with Crippen LogP contribution in [0.25, 0.3) is 17.4 Å². The summed E-state index contributed by atoms with van der Waals surface area (Å²) in [6.07, 6.45) is 1.66. The Balaban J connectivity index is 1.63. The Kier molecular flexibility index (Phi) is 5.32. The number of furan rings is 1. The van der Waals surface area contributed by atoms with Crippen LogP contribution < -0.4 is 4.90 Å². The van der Waals surface area contributed by atoms with Gasteiger partial charge in [0, 0.05) is 11.6 Å². The van der Waals surface area contributed by atoms with Crippen LogP contribution in [0.1, 0.15) is 27.2 Å². The number of aromatic carboxylic acids is 1. The van der Waals surface area contributed by atoms with Crippen molar-refractivity contribution < 1.29 is 19.1 Å². The molecule has 0 bridgehead atoms. The van der Waals surface area contributed by atoms with E-state index in [-0.39, 0.29) is 11.5 Å². The van der Waals surface area contributed by atoms with E-state index in [1.807, 2.05) is 38.1 Å². The number of hydrogen-bond donors (Lipinski definition) is 1. The van der Waals surface area contributed by atoms with Crippen LogP contribution in [0.3, 0.4) is 0 Å². The SMILES string of the molecule is Cc1ccc(N2C(=O)/C(=C\c3ccc(-c4cc(C(=O)O)ccc4C)o3)SC2=S)cc1. The first-order chi connectivity index (χ1) is 14.3. The zero-order valence-electron chi connectivity index (χ0n) is 16.2. The number of carboxylic acid groups (broad SMARTS) is 1. The van der Waals surface area contributed by atoms with Gasteiger partial charge in [0.05, 0.1) is 16.2 Å². The van der Waals surface area contributed by atoms with Crippen molar-refractivity contribution >= 4 is 51.9 Å². The fourth-order valence-electron chi connectivity index (χ4n) is 3.11. The molecule has 0 aliphatic carbocycles. The Morgan fingerprint density at radius 3 is 2.53 bits per heavy atom. The number of nitrogens with zero attached hydrogens (tertiary/aromatic N) is 1. The van der Waals surface area contributed by atoms with Crippen molar-refractivity contribution in [1.82, 2.24) is 0 Å². The monoisotopic (exact) mass is 435 g/mol. The molecule has 1 aliphatic rings. The molecule has 0 unspecified atom stereocenters. The van der Waals surface area contributed by atoms with E-state index in [0.717, 1.165) is 16.8 Å². The molecule has 1 aliphatic heterocycles. The fraction of sp³-hybridized carbons (Fsp3) is 0.0870. The first-order valence-electron chi connectivity index (χ1n) is 9.12. The number of hydrogen-bond acceptors (Lipinski definition) is 5. The highest BCUT2D eigenvalue weighted by molar-refractivity contribution is 8.27. The van der Waals surface area contributed by atoms with Crippen LogP contribution in [0, 0.1) is 13.8 Å². The van der Waals surface area contributed by atoms with Crippen LogP contribution in [0.4, 0.5) is 5.69 Å². The van der Waals surface area contributed by atoms with E-state index < -0.39 is 5.97 Å². The molecule has 0 spiro atoms. The molecule has 1 amide bonds. The highest BCUT2D eigenvalue weighted by atomic mass is 32.2. The lowest BCUT2D eigenvalue weighted by Gasteiger charge is -2.14. The quantitative estimate of drug-likeness (QED) is 0.421. The maximum atomic E-state index is 12.9. The van der Waals surface area contributed by atoms with Crippen LogP contribution in [-0.4, -0.2) is 21.3 Å². The van der Waals surface area contributed by atoms with E-state index in [0.29, 0.717) is 26.3 Å². The molecule has 30 heavy (non-hydrogen) atoms. The summed E-state index contributed by atoms with van der Waals surface area (Å²) < 4.78 is 6.36. The first kappa shape index (κ1) is 20.1. The molecule has 1 N–H and O–H groups in total. The molecule has 0 saturated carbocycles. The molecule has 3 aromatic rings. The van der Waals surface area contributed by atoms with Crippen molar-refractivity contribution in [3.63, 3.8) is 0 Å². The summed E-state index contributed by atoms with van der Waals surface area (Å²) in [7, 11) is 0. The normalized spacial score (nSPS) is 15.3. The lowest BCUT2D eigenvalue weighted by atomic mass is 10.0. The Morgan fingerprint density at radius 1 is 1.10 bits per heavy atom. The van der Waals surface area contributed by atoms with E-state index >= 15 is 0 Å². The zero-order valence-corrected chi connectivity index (χ0v) is 17.8. The summed E-state index contributed by atoms with van der Waals surface area (Å²) in [6, 6.07) is 16.0. The summed E-state index contributed by atoms with van der Waals surface area (Å²) >= 11 is 6.63. The molecule has 1 saturated heterocycles. The van der Waals surface area contributed by atoms with Gasteiger partial charge in [0.25, 0.3) is 5.91 Å². The molecular weight excluding hydrogens is 418 g/mol. The van der Waals surface area contributed by atoms with Crippen molar-refractivity contribution in [2.45, 2.75) is 13.8 Å². The molecule has 1 fully saturated rings. The van der Waals surface area contributed by atoms with Gasteiger partial charge in [-0.25, -0.2) is 4.79 Å². The molecule has 2 heterocycles. The minimum atomic E-state index is -0.997. The largest absolute Gasteiger partial charge is 0.478 e. The van der Waals surface area contributed by atoms with Gasteiger partial charge in [-0.15, -0.1) is 0 Å². The lowest BCUT2D eigenvalue weighted by molar-refractivity contribution is -0.113. The molecule has 150 valence electrons. The van der Waals surface area contributed by atoms with Crippen molar-refractivity contribution in [2.24, 2.45) is 0 Å². The smallest absolute Gasteiger partial charge is 0.335 e. The van der Waals surface area contributed by atoms with Crippen LogP contribution in [-0.2, 0) is 4.79 Å². The standard InChI is InChI=1S/C23H17NO4S2/c1-13-3-7-16(8-4-13)24-21(25)20(30-23(24)29)12-17-9-10-19(28-17)18-11-15(22(26)27)6-5-14(18)2/h3-12H,1-2H3,(H,26,27)/b20-12+. The number of carbonyl (C=O) groups excluding carboxylic acids is 1. The van der Waals surface area contributed by atoms with Gasteiger partial charge in [0.15, 0.2) is 4.32 Å². The van der Waals surface area contributed by atoms with Gasteiger partial charge in [0.1, 0.15) is 11.5 Å². The van der Waals surface area contributed by atoms with Crippen LogP contribution in [0.2, 0.25) is 0 Å². The van der Waals surface area contributed by atoms with Crippen LogP contribution in [0.15, 0.2) is 63.9 Å². The number of benzene rings is 2. The van der Waals surface area contributed by atoms with Gasteiger partial charge < -0.3 is 9.52 Å². The van der Waals surface area contributed by atoms with Crippen molar-refractivity contribution in [2.75, 3.05) is 4.90 Å². The van der Waals surface area contributed by atoms with Crippen LogP contribution in [0.5, 0.6) is 0 Å². The van der Waals surface area contributed by atoms with Crippen molar-refractivity contribution in [3.05, 3.63) is 82.0 Å². The molecule has 0 radical (unpaired) electrons. The van der Waals surface area contributed by atoms with E-state index in [2.05, 4.69) is 0 Å². The third-order valence-electron chi connectivity index (χ3n) is 4.74. The van der Waals surface area contributed by atoms with Gasteiger partial charge in [-0.1, -0.05) is 47.7 Å². The van der Waals surface area contributed by atoms with Gasteiger partial charge in [-0.05, 0) is 55.8 Å². The van der Waals surface area contributed by atoms with E-state index in [1.165, 1.54) is 16.7 Å². The van der Waals surface area contributed by atoms with E-state index in [1.54, 1.807) is 36.4 Å². The Labute approximate surface area is 183 Å². The minimum absolute atomic E-state index is 0.188. The molecular formula is C23H17NO4S2. The number of carbonyl (C=O) groups is 2. The third kappa shape index (κ3) is 3.81. The topological polar surface area (TPSA) is 70.8 Å². The predicted molar refractivity (Wildman–Crippen MR) is 123 cm³/mol. The van der Waals surface area contributed by atoms with E-state index in [4.69, 9.17) is 16.6 Å². The van der Waals surface area contributed by atoms with Gasteiger partial charge >= 0.3 is 5.97 Å². The zero-order chi connectivity index (χ0) is 21.4. The lowest BCUT2D eigenvalue weighted by Crippen LogP contribution is -2.27. The highest BCUT2D eigenvalue weighted by Crippen LogP contribution is 2.37. The van der Waals surface area contributed by atoms with Crippen molar-refractivity contribution in [3.8, 4) is 11.3 Å². The minimum Gasteiger partial charge on any atom is -0.478 e. The second-order valence-electron chi connectivity index (χ2n) is 6.89. The number of aryl methyl sites for hydroxylation is 2. The average Bonchev–Trinajstić information content (AvgIpc) is 3.27. The summed E-state index contributed by atoms with van der Waals surface area (Å²) in [4.78, 5) is 26.1. The fourth-order valence-corrected chi connectivity index (χ4v) is 4.39. The third-order valence-corrected chi connectivity index (χ3v) is 6.04.